The van der Waals surface area contributed by atoms with E-state index in [-0.39, 0.29) is 0 Å². The molecule has 0 amide bonds. The summed E-state index contributed by atoms with van der Waals surface area (Å²) in [4.78, 5) is 0. The number of benzene rings is 1. The summed E-state index contributed by atoms with van der Waals surface area (Å²) in [6, 6.07) is 8.02. The number of halogens is 1. The van der Waals surface area contributed by atoms with E-state index < -0.39 is 0 Å². The first-order valence-electron chi connectivity index (χ1n) is 3.32. The van der Waals surface area contributed by atoms with E-state index in [1.165, 1.54) is 4.46 Å². The molecule has 0 bridgehead atoms. The third kappa shape index (κ3) is 3.11. The number of allylic oxidation sites excluding steroid dienone is 1. The summed E-state index contributed by atoms with van der Waals surface area (Å²) in [5, 5.41) is 1.90. The predicted molar refractivity (Wildman–Crippen MR) is 51.8 cm³/mol. The van der Waals surface area contributed by atoms with Crippen LogP contribution in [0.1, 0.15) is 0 Å². The van der Waals surface area contributed by atoms with Gasteiger partial charge in [-0.3, -0.25) is 0 Å². The number of hydrogen-bond acceptors (Lipinski definition) is 0. The fourth-order valence-corrected chi connectivity index (χ4v) is 2.15. The van der Waals surface area contributed by atoms with Crippen molar-refractivity contribution in [1.82, 2.24) is 0 Å². The van der Waals surface area contributed by atoms with Crippen molar-refractivity contribution in [3.05, 3.63) is 41.9 Å². The van der Waals surface area contributed by atoms with Gasteiger partial charge in [0.1, 0.15) is 0 Å². The van der Waals surface area contributed by atoms with Crippen molar-refractivity contribution in [2.24, 2.45) is 0 Å². The molecule has 1 aromatic carbocycles. The van der Waals surface area contributed by atoms with Crippen LogP contribution < -0.4 is 4.46 Å². The molecule has 0 saturated carbocycles. The average molecular weight is 232 g/mol. The molecule has 0 spiro atoms. The SMILES string of the molecule is C=CC[Se]c1ccc(Cl)cc1. The average Bonchev–Trinajstić information content (AvgIpc) is 2.04. The molecule has 2 heteroatoms. The predicted octanol–water partition coefficient (Wildman–Crippen LogP) is 2.27. The summed E-state index contributed by atoms with van der Waals surface area (Å²) in [7, 11) is 0. The van der Waals surface area contributed by atoms with Crippen LogP contribution in [0.3, 0.4) is 0 Å². The van der Waals surface area contributed by atoms with E-state index in [1.54, 1.807) is 0 Å². The van der Waals surface area contributed by atoms with Crippen LogP contribution in [0.4, 0.5) is 0 Å². The minimum atomic E-state index is 0.534. The Kier molecular flexibility index (Phi) is 3.71. The van der Waals surface area contributed by atoms with Crippen molar-refractivity contribution in [3.8, 4) is 0 Å². The maximum atomic E-state index is 5.73. The second-order valence-corrected chi connectivity index (χ2v) is 4.78. The van der Waals surface area contributed by atoms with Crippen LogP contribution in [0.5, 0.6) is 0 Å². The van der Waals surface area contributed by atoms with Gasteiger partial charge in [0.05, 0.1) is 0 Å². The molecule has 0 unspecified atom stereocenters. The van der Waals surface area contributed by atoms with Gasteiger partial charge in [-0.25, -0.2) is 0 Å². The van der Waals surface area contributed by atoms with Crippen LogP contribution in [0.2, 0.25) is 10.3 Å². The van der Waals surface area contributed by atoms with Crippen molar-refractivity contribution in [2.45, 2.75) is 5.32 Å². The first-order valence-corrected chi connectivity index (χ1v) is 5.77. The Morgan fingerprint density at radius 3 is 2.55 bits per heavy atom. The molecule has 0 fully saturated rings. The molecule has 1 rings (SSSR count). The van der Waals surface area contributed by atoms with Crippen LogP contribution in [-0.2, 0) is 0 Å². The van der Waals surface area contributed by atoms with Gasteiger partial charge in [0.15, 0.2) is 0 Å². The van der Waals surface area contributed by atoms with Crippen LogP contribution in [0.15, 0.2) is 36.9 Å². The fourth-order valence-electron chi connectivity index (χ4n) is 0.686. The molecule has 0 N–H and O–H groups in total. The second-order valence-electron chi connectivity index (χ2n) is 2.05. The molecule has 0 heterocycles. The summed E-state index contributed by atoms with van der Waals surface area (Å²) < 4.78 is 1.38. The normalized spacial score (nSPS) is 9.55. The molecule has 0 aliphatic rings. The molecule has 0 aliphatic heterocycles. The Bertz CT molecular complexity index is 228. The summed E-state index contributed by atoms with van der Waals surface area (Å²) in [5.74, 6) is 0. The van der Waals surface area contributed by atoms with Gasteiger partial charge in [0, 0.05) is 0 Å². The summed E-state index contributed by atoms with van der Waals surface area (Å²) in [6.07, 6.45) is 1.95. The quantitative estimate of drug-likeness (QED) is 0.553. The van der Waals surface area contributed by atoms with Crippen LogP contribution in [0.25, 0.3) is 0 Å². The van der Waals surface area contributed by atoms with Gasteiger partial charge in [0.2, 0.25) is 0 Å². The van der Waals surface area contributed by atoms with E-state index in [1.807, 2.05) is 18.2 Å². The molecule has 0 radical (unpaired) electrons. The molecule has 0 nitrogen and oxygen atoms in total. The van der Waals surface area contributed by atoms with Crippen molar-refractivity contribution < 1.29 is 0 Å². The zero-order valence-electron chi connectivity index (χ0n) is 6.09. The monoisotopic (exact) mass is 232 g/mol. The van der Waals surface area contributed by atoms with Gasteiger partial charge in [-0.05, 0) is 0 Å². The van der Waals surface area contributed by atoms with Gasteiger partial charge in [0.25, 0.3) is 0 Å². The standard InChI is InChI=1S/C9H9ClSe/c1-2-7-11-9-5-3-8(10)4-6-9/h2-6H,1,7H2. The zero-order valence-corrected chi connectivity index (χ0v) is 8.56. The Morgan fingerprint density at radius 2 is 2.00 bits per heavy atom. The van der Waals surface area contributed by atoms with Gasteiger partial charge in [-0.2, -0.15) is 0 Å². The van der Waals surface area contributed by atoms with Crippen molar-refractivity contribution in [3.63, 3.8) is 0 Å². The second kappa shape index (κ2) is 4.61. The van der Waals surface area contributed by atoms with Crippen molar-refractivity contribution in [1.29, 1.82) is 0 Å². The van der Waals surface area contributed by atoms with Gasteiger partial charge in [-0.15, -0.1) is 0 Å². The Hall–Kier alpha value is -0.231. The first kappa shape index (κ1) is 8.86. The van der Waals surface area contributed by atoms with Crippen LogP contribution in [0, 0.1) is 0 Å². The number of hydrogen-bond donors (Lipinski definition) is 0. The van der Waals surface area contributed by atoms with Crippen LogP contribution in [-0.4, -0.2) is 15.0 Å². The van der Waals surface area contributed by atoms with Crippen LogP contribution >= 0.6 is 11.6 Å². The molecule has 0 aromatic heterocycles. The van der Waals surface area contributed by atoms with Crippen molar-refractivity contribution in [2.75, 3.05) is 0 Å². The molecule has 58 valence electrons. The Morgan fingerprint density at radius 1 is 1.36 bits per heavy atom. The van der Waals surface area contributed by atoms with Crippen molar-refractivity contribution >= 4 is 31.0 Å². The molecule has 0 aliphatic carbocycles. The van der Waals surface area contributed by atoms with E-state index in [9.17, 15) is 0 Å². The fraction of sp³-hybridized carbons (Fsp3) is 0.111. The molecule has 1 aromatic rings. The molecular formula is C9H9ClSe. The van der Waals surface area contributed by atoms with Gasteiger partial charge < -0.3 is 0 Å². The Labute approximate surface area is 78.4 Å². The van der Waals surface area contributed by atoms with Gasteiger partial charge in [-0.1, -0.05) is 0 Å². The molecule has 0 saturated heterocycles. The number of rotatable bonds is 3. The van der Waals surface area contributed by atoms with E-state index in [2.05, 4.69) is 18.7 Å². The van der Waals surface area contributed by atoms with Gasteiger partial charge >= 0.3 is 78.3 Å². The maximum absolute atomic E-state index is 5.73. The van der Waals surface area contributed by atoms with E-state index in [0.717, 1.165) is 10.3 Å². The Balaban J connectivity index is 2.58. The molecular weight excluding hydrogens is 223 g/mol. The first-order chi connectivity index (χ1) is 5.33. The summed E-state index contributed by atoms with van der Waals surface area (Å²) >= 11 is 6.27. The third-order valence-electron chi connectivity index (χ3n) is 1.18. The summed E-state index contributed by atoms with van der Waals surface area (Å²) in [5.41, 5.74) is 0. The molecule has 11 heavy (non-hydrogen) atoms. The minimum absolute atomic E-state index is 0.534. The van der Waals surface area contributed by atoms with E-state index in [4.69, 9.17) is 11.6 Å². The van der Waals surface area contributed by atoms with E-state index in [0.29, 0.717) is 15.0 Å². The third-order valence-corrected chi connectivity index (χ3v) is 3.55. The topological polar surface area (TPSA) is 0 Å². The van der Waals surface area contributed by atoms with E-state index >= 15 is 0 Å². The molecule has 0 atom stereocenters. The zero-order chi connectivity index (χ0) is 8.10. The summed E-state index contributed by atoms with van der Waals surface area (Å²) in [6.45, 7) is 3.68.